The van der Waals surface area contributed by atoms with E-state index in [-0.39, 0.29) is 5.82 Å². The summed E-state index contributed by atoms with van der Waals surface area (Å²) in [6, 6.07) is 14.9. The summed E-state index contributed by atoms with van der Waals surface area (Å²) in [6.45, 7) is 4.35. The standard InChI is InChI=1S/C21H18FN3S/c1-13(2)14-5-9-17(10-6-14)25-20-19-18(11-26-21(19)24-12-23-20)15-3-7-16(22)8-4-15/h3-13H,1-2H3,(H,23,24,25). The molecule has 130 valence electrons. The molecule has 0 saturated carbocycles. The highest BCUT2D eigenvalue weighted by molar-refractivity contribution is 7.17. The molecular weight excluding hydrogens is 345 g/mol. The Morgan fingerprint density at radius 2 is 1.69 bits per heavy atom. The normalized spacial score (nSPS) is 11.2. The van der Waals surface area contributed by atoms with Crippen molar-refractivity contribution in [2.24, 2.45) is 0 Å². The van der Waals surface area contributed by atoms with Gasteiger partial charge in [-0.3, -0.25) is 0 Å². The van der Waals surface area contributed by atoms with E-state index in [4.69, 9.17) is 0 Å². The second-order valence-electron chi connectivity index (χ2n) is 6.46. The van der Waals surface area contributed by atoms with Crippen LogP contribution in [0.5, 0.6) is 0 Å². The third kappa shape index (κ3) is 3.18. The van der Waals surface area contributed by atoms with E-state index in [1.807, 2.05) is 5.38 Å². The highest BCUT2D eigenvalue weighted by Crippen LogP contribution is 2.37. The molecule has 0 atom stereocenters. The average Bonchev–Trinajstić information content (AvgIpc) is 3.08. The molecule has 26 heavy (non-hydrogen) atoms. The third-order valence-corrected chi connectivity index (χ3v) is 5.25. The topological polar surface area (TPSA) is 37.8 Å². The van der Waals surface area contributed by atoms with Crippen molar-refractivity contribution in [1.29, 1.82) is 0 Å². The molecule has 0 aliphatic carbocycles. The number of hydrogen-bond donors (Lipinski definition) is 1. The molecule has 2 aromatic carbocycles. The van der Waals surface area contributed by atoms with Gasteiger partial charge >= 0.3 is 0 Å². The van der Waals surface area contributed by atoms with E-state index in [9.17, 15) is 4.39 Å². The fourth-order valence-electron chi connectivity index (χ4n) is 2.90. The lowest BCUT2D eigenvalue weighted by molar-refractivity contribution is 0.628. The summed E-state index contributed by atoms with van der Waals surface area (Å²) in [6.07, 6.45) is 1.57. The number of thiophene rings is 1. The monoisotopic (exact) mass is 363 g/mol. The van der Waals surface area contributed by atoms with Crippen LogP contribution in [0.3, 0.4) is 0 Å². The van der Waals surface area contributed by atoms with Gasteiger partial charge in [-0.1, -0.05) is 38.1 Å². The molecule has 5 heteroatoms. The van der Waals surface area contributed by atoms with Crippen LogP contribution in [0.25, 0.3) is 21.3 Å². The summed E-state index contributed by atoms with van der Waals surface area (Å²) >= 11 is 1.56. The zero-order valence-corrected chi connectivity index (χ0v) is 15.3. The molecule has 4 rings (SSSR count). The van der Waals surface area contributed by atoms with E-state index >= 15 is 0 Å². The van der Waals surface area contributed by atoms with Crippen molar-refractivity contribution >= 4 is 33.1 Å². The van der Waals surface area contributed by atoms with Crippen LogP contribution in [0.4, 0.5) is 15.9 Å². The van der Waals surface area contributed by atoms with Crippen LogP contribution in [-0.4, -0.2) is 9.97 Å². The number of halogens is 1. The van der Waals surface area contributed by atoms with E-state index in [1.54, 1.807) is 29.8 Å². The van der Waals surface area contributed by atoms with E-state index < -0.39 is 0 Å². The van der Waals surface area contributed by atoms with Crippen molar-refractivity contribution in [3.63, 3.8) is 0 Å². The second-order valence-corrected chi connectivity index (χ2v) is 7.32. The second kappa shape index (κ2) is 6.84. The van der Waals surface area contributed by atoms with Crippen molar-refractivity contribution < 1.29 is 4.39 Å². The molecule has 0 aliphatic rings. The van der Waals surface area contributed by atoms with Crippen LogP contribution in [0, 0.1) is 5.82 Å². The van der Waals surface area contributed by atoms with E-state index in [0.717, 1.165) is 32.8 Å². The lowest BCUT2D eigenvalue weighted by atomic mass is 10.0. The highest BCUT2D eigenvalue weighted by atomic mass is 32.1. The van der Waals surface area contributed by atoms with Crippen molar-refractivity contribution in [3.05, 3.63) is 71.6 Å². The Kier molecular flexibility index (Phi) is 4.39. The van der Waals surface area contributed by atoms with Gasteiger partial charge in [-0.2, -0.15) is 0 Å². The van der Waals surface area contributed by atoms with Gasteiger partial charge in [0.15, 0.2) is 0 Å². The van der Waals surface area contributed by atoms with Crippen molar-refractivity contribution in [2.45, 2.75) is 19.8 Å². The number of aromatic nitrogens is 2. The Morgan fingerprint density at radius 1 is 0.962 bits per heavy atom. The predicted molar refractivity (Wildman–Crippen MR) is 107 cm³/mol. The van der Waals surface area contributed by atoms with Crippen LogP contribution in [0.15, 0.2) is 60.2 Å². The molecule has 0 amide bonds. The molecule has 0 fully saturated rings. The van der Waals surface area contributed by atoms with E-state index in [1.165, 1.54) is 17.7 Å². The summed E-state index contributed by atoms with van der Waals surface area (Å²) < 4.78 is 13.3. The molecule has 0 aliphatic heterocycles. The van der Waals surface area contributed by atoms with Crippen molar-refractivity contribution in [1.82, 2.24) is 9.97 Å². The van der Waals surface area contributed by atoms with Crippen LogP contribution in [0.1, 0.15) is 25.3 Å². The van der Waals surface area contributed by atoms with E-state index in [2.05, 4.69) is 53.4 Å². The molecule has 0 saturated heterocycles. The average molecular weight is 363 g/mol. The van der Waals surface area contributed by atoms with Gasteiger partial charge in [-0.25, -0.2) is 14.4 Å². The number of rotatable bonds is 4. The summed E-state index contributed by atoms with van der Waals surface area (Å²) in [5.74, 6) is 1.01. The van der Waals surface area contributed by atoms with E-state index in [0.29, 0.717) is 5.92 Å². The quantitative estimate of drug-likeness (QED) is 0.458. The fraction of sp³-hybridized carbons (Fsp3) is 0.143. The van der Waals surface area contributed by atoms with Gasteiger partial charge in [0, 0.05) is 16.6 Å². The summed E-state index contributed by atoms with van der Waals surface area (Å²) in [5.41, 5.74) is 4.23. The summed E-state index contributed by atoms with van der Waals surface area (Å²) in [4.78, 5) is 9.73. The number of nitrogens with one attached hydrogen (secondary N) is 1. The lowest BCUT2D eigenvalue weighted by Gasteiger charge is -2.10. The SMILES string of the molecule is CC(C)c1ccc(Nc2ncnc3scc(-c4ccc(F)cc4)c23)cc1. The number of hydrogen-bond acceptors (Lipinski definition) is 4. The predicted octanol–water partition coefficient (Wildman–Crippen LogP) is 6.36. The number of nitrogens with zero attached hydrogens (tertiary/aromatic N) is 2. The first kappa shape index (κ1) is 16.7. The fourth-order valence-corrected chi connectivity index (χ4v) is 3.82. The van der Waals surface area contributed by atoms with Gasteiger partial charge in [0.05, 0.1) is 5.39 Å². The first-order chi connectivity index (χ1) is 12.6. The molecular formula is C21H18FN3S. The minimum absolute atomic E-state index is 0.242. The molecule has 4 aromatic rings. The lowest BCUT2D eigenvalue weighted by Crippen LogP contribution is -1.96. The summed E-state index contributed by atoms with van der Waals surface area (Å²) in [7, 11) is 0. The van der Waals surface area contributed by atoms with Crippen LogP contribution in [-0.2, 0) is 0 Å². The zero-order valence-electron chi connectivity index (χ0n) is 14.5. The van der Waals surface area contributed by atoms with Gasteiger partial charge in [-0.05, 0) is 41.3 Å². The minimum atomic E-state index is -0.242. The highest BCUT2D eigenvalue weighted by Gasteiger charge is 2.13. The molecule has 3 nitrogen and oxygen atoms in total. The van der Waals surface area contributed by atoms with Crippen LogP contribution < -0.4 is 5.32 Å². The summed E-state index contributed by atoms with van der Waals surface area (Å²) in [5, 5.41) is 6.40. The Labute approximate surface area is 155 Å². The van der Waals surface area contributed by atoms with Crippen LogP contribution in [0.2, 0.25) is 0 Å². The molecule has 0 spiro atoms. The van der Waals surface area contributed by atoms with Gasteiger partial charge in [-0.15, -0.1) is 11.3 Å². The Bertz CT molecular complexity index is 1040. The molecule has 0 radical (unpaired) electrons. The number of benzene rings is 2. The largest absolute Gasteiger partial charge is 0.340 e. The Morgan fingerprint density at radius 3 is 2.38 bits per heavy atom. The molecule has 0 unspecified atom stereocenters. The first-order valence-corrected chi connectivity index (χ1v) is 9.35. The number of fused-ring (bicyclic) bond motifs is 1. The first-order valence-electron chi connectivity index (χ1n) is 8.47. The van der Waals surface area contributed by atoms with Gasteiger partial charge in [0.2, 0.25) is 0 Å². The number of anilines is 2. The van der Waals surface area contributed by atoms with Crippen molar-refractivity contribution in [2.75, 3.05) is 5.32 Å². The third-order valence-electron chi connectivity index (χ3n) is 4.37. The van der Waals surface area contributed by atoms with Crippen molar-refractivity contribution in [3.8, 4) is 11.1 Å². The molecule has 2 aromatic heterocycles. The molecule has 0 bridgehead atoms. The van der Waals surface area contributed by atoms with Gasteiger partial charge in [0.25, 0.3) is 0 Å². The maximum Gasteiger partial charge on any atom is 0.143 e. The van der Waals surface area contributed by atoms with Crippen LogP contribution >= 0.6 is 11.3 Å². The zero-order chi connectivity index (χ0) is 18.1. The smallest absolute Gasteiger partial charge is 0.143 e. The molecule has 2 heterocycles. The Balaban J connectivity index is 1.75. The Hall–Kier alpha value is -2.79. The van der Waals surface area contributed by atoms with Gasteiger partial charge < -0.3 is 5.32 Å². The maximum absolute atomic E-state index is 13.3. The maximum atomic E-state index is 13.3. The molecule has 1 N–H and O–H groups in total. The van der Waals surface area contributed by atoms with Gasteiger partial charge in [0.1, 0.15) is 22.8 Å². The minimum Gasteiger partial charge on any atom is -0.340 e.